The zero-order valence-corrected chi connectivity index (χ0v) is 10.7. The van der Waals surface area contributed by atoms with Crippen LogP contribution in [0.25, 0.3) is 22.3 Å². The Morgan fingerprint density at radius 1 is 1.28 bits per heavy atom. The third-order valence-corrected chi connectivity index (χ3v) is 3.27. The van der Waals surface area contributed by atoms with Crippen molar-refractivity contribution in [2.24, 2.45) is 0 Å². The van der Waals surface area contributed by atoms with Gasteiger partial charge in [0.1, 0.15) is 5.69 Å². The lowest BCUT2D eigenvalue weighted by Crippen LogP contribution is -1.99. The van der Waals surface area contributed by atoms with E-state index >= 15 is 0 Å². The summed E-state index contributed by atoms with van der Waals surface area (Å²) in [6, 6.07) is 10.1. The van der Waals surface area contributed by atoms with Gasteiger partial charge >= 0.3 is 0 Å². The average molecular weight is 256 g/mol. The Morgan fingerprint density at radius 2 is 2.11 bits per heavy atom. The Hall–Kier alpha value is -2.01. The summed E-state index contributed by atoms with van der Waals surface area (Å²) < 4.78 is 2.58. The molecule has 0 spiro atoms. The first-order chi connectivity index (χ1) is 8.81. The largest absolute Gasteiger partial charge is 0.299 e. The maximum Gasteiger partial charge on any atom is 0.195 e. The quantitative estimate of drug-likeness (QED) is 0.716. The predicted octanol–water partition coefficient (Wildman–Crippen LogP) is 3.18. The molecule has 3 aromatic rings. The molecule has 0 saturated carbocycles. The number of fused-ring (bicyclic) bond motifs is 1. The summed E-state index contributed by atoms with van der Waals surface area (Å²) >= 11 is 5.21. The third-order valence-electron chi connectivity index (χ3n) is 2.96. The number of aromatic amines is 1. The van der Waals surface area contributed by atoms with Crippen molar-refractivity contribution in [3.05, 3.63) is 41.3 Å². The van der Waals surface area contributed by atoms with Crippen LogP contribution in [0.1, 0.15) is 6.92 Å². The second-order valence-electron chi connectivity index (χ2n) is 3.98. The molecule has 0 bridgehead atoms. The second-order valence-corrected chi connectivity index (χ2v) is 4.36. The normalized spacial score (nSPS) is 10.9. The van der Waals surface area contributed by atoms with Crippen LogP contribution in [0.4, 0.5) is 0 Å². The van der Waals surface area contributed by atoms with Gasteiger partial charge in [-0.05, 0) is 30.6 Å². The monoisotopic (exact) mass is 256 g/mol. The number of pyridine rings is 1. The highest BCUT2D eigenvalue weighted by Crippen LogP contribution is 2.24. The number of hydrogen-bond donors (Lipinski definition) is 1. The Labute approximate surface area is 109 Å². The van der Waals surface area contributed by atoms with Crippen LogP contribution in [0.2, 0.25) is 0 Å². The summed E-state index contributed by atoms with van der Waals surface area (Å²) in [4.78, 5) is 4.45. The summed E-state index contributed by atoms with van der Waals surface area (Å²) in [7, 11) is 0. The van der Waals surface area contributed by atoms with Crippen LogP contribution in [0.15, 0.2) is 36.5 Å². The molecule has 3 rings (SSSR count). The lowest BCUT2D eigenvalue weighted by atomic mass is 10.1. The Kier molecular flexibility index (Phi) is 2.68. The maximum absolute atomic E-state index is 5.21. The highest BCUT2D eigenvalue weighted by atomic mass is 32.1. The first-order valence-corrected chi connectivity index (χ1v) is 6.21. The minimum Gasteiger partial charge on any atom is -0.299 e. The van der Waals surface area contributed by atoms with Crippen LogP contribution in [-0.2, 0) is 6.54 Å². The smallest absolute Gasteiger partial charge is 0.195 e. The lowest BCUT2D eigenvalue weighted by Gasteiger charge is -2.06. The zero-order chi connectivity index (χ0) is 12.5. The molecule has 0 fully saturated rings. The lowest BCUT2D eigenvalue weighted by molar-refractivity contribution is 0.754. The molecule has 0 aliphatic rings. The number of H-pyrrole nitrogens is 1. The number of nitrogens with one attached hydrogen (secondary N) is 1. The van der Waals surface area contributed by atoms with Crippen LogP contribution in [0.3, 0.4) is 0 Å². The molecule has 18 heavy (non-hydrogen) atoms. The topological polar surface area (TPSA) is 46.5 Å². The molecule has 2 aromatic heterocycles. The van der Waals surface area contributed by atoms with Gasteiger partial charge in [0.2, 0.25) is 0 Å². The van der Waals surface area contributed by atoms with Gasteiger partial charge in [-0.15, -0.1) is 0 Å². The molecule has 90 valence electrons. The van der Waals surface area contributed by atoms with Gasteiger partial charge < -0.3 is 0 Å². The van der Waals surface area contributed by atoms with Crippen molar-refractivity contribution < 1.29 is 0 Å². The SMILES string of the molecule is CCn1c(-c2nccc3ccccc23)n[nH]c1=S. The van der Waals surface area contributed by atoms with E-state index in [4.69, 9.17) is 12.2 Å². The van der Waals surface area contributed by atoms with Crippen molar-refractivity contribution in [3.8, 4) is 11.5 Å². The van der Waals surface area contributed by atoms with Gasteiger partial charge in [0.15, 0.2) is 10.6 Å². The molecule has 0 aliphatic carbocycles. The average Bonchev–Trinajstić information content (AvgIpc) is 2.79. The molecular weight excluding hydrogens is 244 g/mol. The van der Waals surface area contributed by atoms with Crippen LogP contribution >= 0.6 is 12.2 Å². The van der Waals surface area contributed by atoms with E-state index in [-0.39, 0.29) is 0 Å². The molecule has 0 saturated heterocycles. The molecule has 2 heterocycles. The van der Waals surface area contributed by atoms with E-state index in [1.807, 2.05) is 29.7 Å². The van der Waals surface area contributed by atoms with Crippen molar-refractivity contribution in [1.82, 2.24) is 19.7 Å². The van der Waals surface area contributed by atoms with Crippen molar-refractivity contribution in [3.63, 3.8) is 0 Å². The standard InChI is InChI=1S/C13H12N4S/c1-2-17-12(15-16-13(17)18)11-10-6-4-3-5-9(10)7-8-14-11/h3-8H,2H2,1H3,(H,16,18). The molecule has 0 radical (unpaired) electrons. The van der Waals surface area contributed by atoms with E-state index in [9.17, 15) is 0 Å². The minimum atomic E-state index is 0.627. The fraction of sp³-hybridized carbons (Fsp3) is 0.154. The Balaban J connectivity index is 2.35. The van der Waals surface area contributed by atoms with E-state index < -0.39 is 0 Å². The Bertz CT molecular complexity index is 752. The number of benzene rings is 1. The molecule has 0 aliphatic heterocycles. The van der Waals surface area contributed by atoms with E-state index in [1.54, 1.807) is 6.20 Å². The molecule has 4 nitrogen and oxygen atoms in total. The molecule has 1 aromatic carbocycles. The molecular formula is C13H12N4S. The first-order valence-electron chi connectivity index (χ1n) is 5.80. The van der Waals surface area contributed by atoms with Gasteiger partial charge in [-0.2, -0.15) is 5.10 Å². The summed E-state index contributed by atoms with van der Waals surface area (Å²) in [5.41, 5.74) is 0.863. The van der Waals surface area contributed by atoms with E-state index in [1.165, 1.54) is 0 Å². The summed E-state index contributed by atoms with van der Waals surface area (Å²) in [5.74, 6) is 0.791. The van der Waals surface area contributed by atoms with Crippen molar-refractivity contribution in [2.45, 2.75) is 13.5 Å². The summed E-state index contributed by atoms with van der Waals surface area (Å²) in [5, 5.41) is 9.36. The molecule has 0 unspecified atom stereocenters. The summed E-state index contributed by atoms with van der Waals surface area (Å²) in [6.45, 7) is 2.81. The van der Waals surface area contributed by atoms with Crippen LogP contribution in [-0.4, -0.2) is 19.7 Å². The summed E-state index contributed by atoms with van der Waals surface area (Å²) in [6.07, 6.45) is 1.80. The van der Waals surface area contributed by atoms with Crippen molar-refractivity contribution in [1.29, 1.82) is 0 Å². The van der Waals surface area contributed by atoms with Crippen molar-refractivity contribution >= 4 is 23.0 Å². The third kappa shape index (κ3) is 1.64. The molecule has 0 atom stereocenters. The van der Waals surface area contributed by atoms with Crippen LogP contribution < -0.4 is 0 Å². The predicted molar refractivity (Wildman–Crippen MR) is 73.8 cm³/mol. The zero-order valence-electron chi connectivity index (χ0n) is 9.92. The van der Waals surface area contributed by atoms with Gasteiger partial charge in [-0.25, -0.2) is 0 Å². The van der Waals surface area contributed by atoms with Gasteiger partial charge in [0.05, 0.1) is 0 Å². The van der Waals surface area contributed by atoms with Crippen LogP contribution in [0, 0.1) is 4.77 Å². The molecule has 5 heteroatoms. The Morgan fingerprint density at radius 3 is 2.94 bits per heavy atom. The van der Waals surface area contributed by atoms with E-state index in [0.717, 1.165) is 28.8 Å². The number of hydrogen-bond acceptors (Lipinski definition) is 3. The van der Waals surface area contributed by atoms with Gasteiger partial charge in [0, 0.05) is 18.1 Å². The number of nitrogens with zero attached hydrogens (tertiary/aromatic N) is 3. The fourth-order valence-corrected chi connectivity index (χ4v) is 2.35. The number of rotatable bonds is 2. The fourth-order valence-electron chi connectivity index (χ4n) is 2.09. The minimum absolute atomic E-state index is 0.627. The second kappa shape index (κ2) is 4.34. The highest BCUT2D eigenvalue weighted by Gasteiger charge is 2.11. The van der Waals surface area contributed by atoms with Gasteiger partial charge in [0.25, 0.3) is 0 Å². The van der Waals surface area contributed by atoms with Gasteiger partial charge in [-0.3, -0.25) is 14.6 Å². The van der Waals surface area contributed by atoms with E-state index in [0.29, 0.717) is 4.77 Å². The maximum atomic E-state index is 5.21. The molecule has 1 N–H and O–H groups in total. The molecule has 0 amide bonds. The van der Waals surface area contributed by atoms with E-state index in [2.05, 4.69) is 27.3 Å². The highest BCUT2D eigenvalue weighted by molar-refractivity contribution is 7.71. The first kappa shape index (κ1) is 11.1. The van der Waals surface area contributed by atoms with Crippen molar-refractivity contribution in [2.75, 3.05) is 0 Å². The van der Waals surface area contributed by atoms with Gasteiger partial charge in [-0.1, -0.05) is 24.3 Å². The number of aromatic nitrogens is 4. The van der Waals surface area contributed by atoms with Crippen LogP contribution in [0.5, 0.6) is 0 Å².